The highest BCUT2D eigenvalue weighted by atomic mass is 32.2. The largest absolute Gasteiger partial charge is 0.433 e. The van der Waals surface area contributed by atoms with Crippen LogP contribution in [0.4, 0.5) is 18.2 Å². The monoisotopic (exact) mass is 514 g/mol. The summed E-state index contributed by atoms with van der Waals surface area (Å²) in [6.07, 6.45) is -1.22. The third kappa shape index (κ3) is 4.67. The number of nitrogens with one attached hydrogen (secondary N) is 1. The highest BCUT2D eigenvalue weighted by Gasteiger charge is 2.39. The number of thioether (sulfide) groups is 1. The molecule has 1 aromatic carbocycles. The molecule has 5 rings (SSSR count). The zero-order valence-electron chi connectivity index (χ0n) is 18.8. The van der Waals surface area contributed by atoms with Crippen molar-refractivity contribution in [2.24, 2.45) is 5.92 Å². The van der Waals surface area contributed by atoms with Crippen LogP contribution in [0.3, 0.4) is 0 Å². The van der Waals surface area contributed by atoms with E-state index in [1.165, 1.54) is 11.3 Å². The molecule has 0 aliphatic heterocycles. The van der Waals surface area contributed by atoms with Crippen molar-refractivity contribution in [3.8, 4) is 17.3 Å². The number of halogens is 3. The van der Waals surface area contributed by atoms with Gasteiger partial charge in [-0.3, -0.25) is 4.79 Å². The normalized spacial score (nSPS) is 16.6. The number of fused-ring (bicyclic) bond motifs is 4. The highest BCUT2D eigenvalue weighted by molar-refractivity contribution is 7.99. The average Bonchev–Trinajstić information content (AvgIpc) is 3.17. The topological polar surface area (TPSA) is 78.7 Å². The van der Waals surface area contributed by atoms with Crippen molar-refractivity contribution in [2.45, 2.75) is 50.4 Å². The van der Waals surface area contributed by atoms with Gasteiger partial charge in [-0.2, -0.15) is 18.4 Å². The number of hydrogen-bond acceptors (Lipinski definition) is 6. The summed E-state index contributed by atoms with van der Waals surface area (Å²) in [5, 5.41) is 12.8. The number of carbonyl (C=O) groups excluding carboxylic acids is 1. The van der Waals surface area contributed by atoms with Crippen molar-refractivity contribution in [3.63, 3.8) is 0 Å². The second-order valence-electron chi connectivity index (χ2n) is 8.84. The van der Waals surface area contributed by atoms with Crippen molar-refractivity contribution in [3.05, 3.63) is 57.1 Å². The van der Waals surface area contributed by atoms with E-state index in [-0.39, 0.29) is 28.6 Å². The maximum atomic E-state index is 13.8. The first-order valence-corrected chi connectivity index (χ1v) is 13.1. The molecule has 2 aliphatic rings. The summed E-state index contributed by atoms with van der Waals surface area (Å²) < 4.78 is 41.5. The summed E-state index contributed by atoms with van der Waals surface area (Å²) in [6.45, 7) is 2.16. The molecular weight excluding hydrogens is 493 g/mol. The van der Waals surface area contributed by atoms with Gasteiger partial charge in [0, 0.05) is 16.0 Å². The number of amides is 1. The zero-order chi connectivity index (χ0) is 24.7. The lowest BCUT2D eigenvalue weighted by atomic mass is 9.88. The van der Waals surface area contributed by atoms with Crippen LogP contribution in [0.1, 0.15) is 46.2 Å². The van der Waals surface area contributed by atoms with Gasteiger partial charge < -0.3 is 5.32 Å². The molecule has 0 saturated carbocycles. The Bertz CT molecular complexity index is 1360. The summed E-state index contributed by atoms with van der Waals surface area (Å²) in [5.74, 6) is -0.0453. The molecule has 2 aromatic heterocycles. The number of aryl methyl sites for hydroxylation is 1. The first kappa shape index (κ1) is 23.8. The molecule has 0 unspecified atom stereocenters. The van der Waals surface area contributed by atoms with Gasteiger partial charge in [-0.05, 0) is 49.1 Å². The first-order valence-electron chi connectivity index (χ1n) is 11.3. The van der Waals surface area contributed by atoms with Crippen LogP contribution in [0, 0.1) is 17.2 Å². The van der Waals surface area contributed by atoms with Gasteiger partial charge in [0.05, 0.1) is 17.0 Å². The van der Waals surface area contributed by atoms with Crippen molar-refractivity contribution >= 4 is 34.0 Å². The Hall–Kier alpha value is -2.90. The maximum absolute atomic E-state index is 13.8. The van der Waals surface area contributed by atoms with Gasteiger partial charge in [0.25, 0.3) is 0 Å². The number of nitrogens with zero attached hydrogens (tertiary/aromatic N) is 3. The molecule has 0 saturated heterocycles. The molecule has 0 spiro atoms. The first-order chi connectivity index (χ1) is 16.7. The molecule has 0 radical (unpaired) electrons. The van der Waals surface area contributed by atoms with E-state index in [4.69, 9.17) is 0 Å². The molecule has 2 aliphatic carbocycles. The summed E-state index contributed by atoms with van der Waals surface area (Å²) >= 11 is 2.27. The quantitative estimate of drug-likeness (QED) is 0.339. The predicted molar refractivity (Wildman–Crippen MR) is 129 cm³/mol. The molecule has 10 heteroatoms. The zero-order valence-corrected chi connectivity index (χ0v) is 20.5. The number of aromatic nitrogens is 2. The molecule has 0 fully saturated rings. The lowest BCUT2D eigenvalue weighted by molar-refractivity contribution is -0.142. The van der Waals surface area contributed by atoms with Crippen molar-refractivity contribution in [1.29, 1.82) is 5.26 Å². The Kier molecular flexibility index (Phi) is 6.32. The van der Waals surface area contributed by atoms with Crippen LogP contribution in [0.25, 0.3) is 11.3 Å². The SMILES string of the molecule is C[C@@H]1CCc2c(sc(NC(=O)CSc3nc4c(c(C(F)(F)F)n3)CCc3ccccc3-4)c2C#N)C1. The van der Waals surface area contributed by atoms with Crippen molar-refractivity contribution in [2.75, 3.05) is 11.1 Å². The number of benzene rings is 1. The second kappa shape index (κ2) is 9.28. The lowest BCUT2D eigenvalue weighted by Gasteiger charge is -2.22. The molecule has 2 heterocycles. The van der Waals surface area contributed by atoms with E-state index in [0.29, 0.717) is 28.5 Å². The third-order valence-electron chi connectivity index (χ3n) is 6.38. The summed E-state index contributed by atoms with van der Waals surface area (Å²) in [6, 6.07) is 9.49. The Morgan fingerprint density at radius 1 is 1.23 bits per heavy atom. The second-order valence-corrected chi connectivity index (χ2v) is 10.9. The van der Waals surface area contributed by atoms with Gasteiger partial charge in [0.15, 0.2) is 10.9 Å². The Morgan fingerprint density at radius 2 is 2.03 bits per heavy atom. The fourth-order valence-corrected chi connectivity index (χ4v) is 6.72. The van der Waals surface area contributed by atoms with Crippen LogP contribution in [0.5, 0.6) is 0 Å². The van der Waals surface area contributed by atoms with Gasteiger partial charge in [0.2, 0.25) is 5.91 Å². The van der Waals surface area contributed by atoms with Crippen LogP contribution < -0.4 is 5.32 Å². The number of carbonyl (C=O) groups is 1. The molecule has 180 valence electrons. The third-order valence-corrected chi connectivity index (χ3v) is 8.40. The van der Waals surface area contributed by atoms with E-state index in [1.807, 2.05) is 12.1 Å². The van der Waals surface area contributed by atoms with Crippen LogP contribution in [-0.2, 0) is 36.7 Å². The number of hydrogen-bond donors (Lipinski definition) is 1. The standard InChI is InChI=1S/C25H21F3N4OS2/c1-13-6-8-16-18(11-29)23(35-19(16)10-13)30-20(33)12-34-24-31-21-15-5-3-2-4-14(15)7-9-17(21)22(32-24)25(26,27)28/h2-5,13H,6-10,12H2,1H3,(H,30,33)/t13-/m1/s1. The van der Waals surface area contributed by atoms with Gasteiger partial charge >= 0.3 is 6.18 Å². The minimum Gasteiger partial charge on any atom is -0.316 e. The van der Waals surface area contributed by atoms with Crippen molar-refractivity contribution < 1.29 is 18.0 Å². The van der Waals surface area contributed by atoms with Gasteiger partial charge in [-0.15, -0.1) is 11.3 Å². The highest BCUT2D eigenvalue weighted by Crippen LogP contribution is 2.41. The summed E-state index contributed by atoms with van der Waals surface area (Å²) in [5.41, 5.74) is 2.56. The van der Waals surface area contributed by atoms with Gasteiger partial charge in [0.1, 0.15) is 11.1 Å². The molecule has 1 amide bonds. The van der Waals surface area contributed by atoms with E-state index >= 15 is 0 Å². The minimum atomic E-state index is -4.62. The number of anilines is 1. The van der Waals surface area contributed by atoms with E-state index in [2.05, 4.69) is 28.3 Å². The molecule has 0 bridgehead atoms. The summed E-state index contributed by atoms with van der Waals surface area (Å²) in [7, 11) is 0. The molecule has 3 aromatic rings. The predicted octanol–water partition coefficient (Wildman–Crippen LogP) is 6.05. The number of nitriles is 1. The number of rotatable bonds is 4. The minimum absolute atomic E-state index is 0.0947. The Balaban J connectivity index is 1.38. The molecule has 1 N–H and O–H groups in total. The maximum Gasteiger partial charge on any atom is 0.433 e. The van der Waals surface area contributed by atoms with Gasteiger partial charge in [-0.1, -0.05) is 43.0 Å². The molecule has 1 atom stereocenters. The lowest BCUT2D eigenvalue weighted by Crippen LogP contribution is -2.19. The van der Waals surface area contributed by atoms with Crippen LogP contribution in [0.2, 0.25) is 0 Å². The Morgan fingerprint density at radius 3 is 2.80 bits per heavy atom. The molecule has 35 heavy (non-hydrogen) atoms. The number of thiophene rings is 1. The summed E-state index contributed by atoms with van der Waals surface area (Å²) in [4.78, 5) is 22.0. The van der Waals surface area contributed by atoms with Crippen LogP contribution in [-0.4, -0.2) is 21.6 Å². The smallest absolute Gasteiger partial charge is 0.316 e. The van der Waals surface area contributed by atoms with E-state index in [1.54, 1.807) is 12.1 Å². The average molecular weight is 515 g/mol. The van der Waals surface area contributed by atoms with E-state index in [9.17, 15) is 23.2 Å². The number of alkyl halides is 3. The van der Waals surface area contributed by atoms with E-state index in [0.717, 1.165) is 47.0 Å². The van der Waals surface area contributed by atoms with Gasteiger partial charge in [-0.25, -0.2) is 9.97 Å². The molecule has 5 nitrogen and oxygen atoms in total. The van der Waals surface area contributed by atoms with Crippen molar-refractivity contribution in [1.82, 2.24) is 9.97 Å². The Labute approximate surface area is 208 Å². The van der Waals surface area contributed by atoms with E-state index < -0.39 is 17.8 Å². The fraction of sp³-hybridized carbons (Fsp3) is 0.360. The fourth-order valence-electron chi connectivity index (χ4n) is 4.70. The van der Waals surface area contributed by atoms with Crippen LogP contribution in [0.15, 0.2) is 29.4 Å². The van der Waals surface area contributed by atoms with Crippen LogP contribution >= 0.6 is 23.1 Å². The molecular formula is C25H21F3N4OS2.